The van der Waals surface area contributed by atoms with Crippen molar-refractivity contribution in [3.8, 4) is 0 Å². The number of aliphatic hydroxyl groups is 3. The van der Waals surface area contributed by atoms with Gasteiger partial charge in [-0.2, -0.15) is 0 Å². The second-order valence-electron chi connectivity index (χ2n) is 8.61. The lowest BCUT2D eigenvalue weighted by atomic mass is 9.48. The molecule has 27 heavy (non-hydrogen) atoms. The third-order valence-corrected chi connectivity index (χ3v) is 7.57. The van der Waals surface area contributed by atoms with Crippen LogP contribution in [0.5, 0.6) is 0 Å². The minimum atomic E-state index is -1.46. The molecule has 1 aromatic heterocycles. The van der Waals surface area contributed by atoms with Gasteiger partial charge in [-0.05, 0) is 12.5 Å². The van der Waals surface area contributed by atoms with Crippen molar-refractivity contribution in [3.63, 3.8) is 0 Å². The molecule has 7 nitrogen and oxygen atoms in total. The fourth-order valence-corrected chi connectivity index (χ4v) is 5.92. The molecule has 0 aromatic carbocycles. The average Bonchev–Trinajstić information content (AvgIpc) is 2.89. The Balaban J connectivity index is 2.09. The van der Waals surface area contributed by atoms with E-state index in [1.165, 1.54) is 13.0 Å². The summed E-state index contributed by atoms with van der Waals surface area (Å²) in [5, 5.41) is 31.4. The summed E-state index contributed by atoms with van der Waals surface area (Å²) < 4.78 is 10.9. The van der Waals surface area contributed by atoms with Crippen molar-refractivity contribution in [2.75, 3.05) is 0 Å². The molecule has 148 valence electrons. The fourth-order valence-electron chi connectivity index (χ4n) is 5.52. The van der Waals surface area contributed by atoms with Crippen molar-refractivity contribution < 1.29 is 29.3 Å². The van der Waals surface area contributed by atoms with Crippen LogP contribution in [0, 0.1) is 11.3 Å². The van der Waals surface area contributed by atoms with Crippen LogP contribution < -0.4 is 5.63 Å². The molecule has 1 saturated heterocycles. The Kier molecular flexibility index (Phi) is 3.90. The molecule has 0 unspecified atom stereocenters. The number of carbonyl (C=O) groups is 1. The van der Waals surface area contributed by atoms with E-state index in [9.17, 15) is 24.9 Å². The van der Waals surface area contributed by atoms with Gasteiger partial charge in [-0.3, -0.25) is 4.79 Å². The van der Waals surface area contributed by atoms with Gasteiger partial charge in [0.25, 0.3) is 0 Å². The lowest BCUT2D eigenvalue weighted by molar-refractivity contribution is -0.165. The molecule has 2 fully saturated rings. The molecule has 1 aliphatic heterocycles. The number of alkyl halides is 1. The number of carbonyl (C=O) groups excluding carboxylic acids is 1. The van der Waals surface area contributed by atoms with Gasteiger partial charge in [-0.15, -0.1) is 11.6 Å². The molecule has 3 aliphatic rings. The van der Waals surface area contributed by atoms with Crippen LogP contribution in [0.1, 0.15) is 56.6 Å². The van der Waals surface area contributed by atoms with Crippen LogP contribution in [0.4, 0.5) is 0 Å². The molecule has 0 radical (unpaired) electrons. The molecule has 1 aromatic rings. The second kappa shape index (κ2) is 5.56. The van der Waals surface area contributed by atoms with Gasteiger partial charge in [-0.1, -0.05) is 20.8 Å². The summed E-state index contributed by atoms with van der Waals surface area (Å²) in [6.07, 6.45) is -5.05. The Bertz CT molecular complexity index is 879. The first kappa shape index (κ1) is 18.9. The van der Waals surface area contributed by atoms with Gasteiger partial charge in [0.1, 0.15) is 23.4 Å². The van der Waals surface area contributed by atoms with E-state index in [1.807, 2.05) is 13.8 Å². The zero-order chi connectivity index (χ0) is 20.0. The summed E-state index contributed by atoms with van der Waals surface area (Å²) in [5.74, 6) is -1.32. The van der Waals surface area contributed by atoms with Gasteiger partial charge >= 0.3 is 11.6 Å². The fraction of sp³-hybridized carbons (Fsp3) is 0.684. The van der Waals surface area contributed by atoms with E-state index in [-0.39, 0.29) is 5.92 Å². The van der Waals surface area contributed by atoms with Crippen LogP contribution >= 0.6 is 11.6 Å². The highest BCUT2D eigenvalue weighted by Crippen LogP contribution is 2.64. The molecule has 2 aliphatic carbocycles. The summed E-state index contributed by atoms with van der Waals surface area (Å²) in [4.78, 5) is 25.0. The molecule has 8 atom stereocenters. The maximum absolute atomic E-state index is 12.7. The van der Waals surface area contributed by atoms with Crippen LogP contribution in [0.25, 0.3) is 0 Å². The third kappa shape index (κ3) is 2.03. The first-order chi connectivity index (χ1) is 12.5. The highest BCUT2D eigenvalue weighted by molar-refractivity contribution is 6.22. The summed E-state index contributed by atoms with van der Waals surface area (Å²) in [7, 11) is 0. The lowest BCUT2D eigenvalue weighted by Gasteiger charge is -2.57. The maximum atomic E-state index is 12.7. The molecule has 2 heterocycles. The Morgan fingerprint density at radius 3 is 2.37 bits per heavy atom. The summed E-state index contributed by atoms with van der Waals surface area (Å²) >= 11 is 6.61. The van der Waals surface area contributed by atoms with Crippen LogP contribution in [0.15, 0.2) is 15.3 Å². The predicted octanol–water partition coefficient (Wildman–Crippen LogP) is 0.959. The summed E-state index contributed by atoms with van der Waals surface area (Å²) in [6, 6.07) is 1.27. The van der Waals surface area contributed by atoms with Crippen molar-refractivity contribution in [3.05, 3.63) is 33.4 Å². The van der Waals surface area contributed by atoms with E-state index < -0.39 is 58.1 Å². The lowest BCUT2D eigenvalue weighted by Crippen LogP contribution is -2.68. The Morgan fingerprint density at radius 2 is 1.78 bits per heavy atom. The van der Waals surface area contributed by atoms with E-state index in [4.69, 9.17) is 20.8 Å². The molecule has 8 heteroatoms. The zero-order valence-electron chi connectivity index (χ0n) is 15.5. The van der Waals surface area contributed by atoms with Gasteiger partial charge in [0.15, 0.2) is 0 Å². The smallest absolute Gasteiger partial charge is 0.336 e. The number of hydrogen-bond donors (Lipinski definition) is 3. The van der Waals surface area contributed by atoms with E-state index >= 15 is 0 Å². The first-order valence-electron chi connectivity index (χ1n) is 9.05. The summed E-state index contributed by atoms with van der Waals surface area (Å²) in [5.41, 5.74) is -2.34. The van der Waals surface area contributed by atoms with Crippen LogP contribution in [0.2, 0.25) is 0 Å². The highest BCUT2D eigenvalue weighted by Gasteiger charge is 2.74. The van der Waals surface area contributed by atoms with Crippen molar-refractivity contribution in [1.29, 1.82) is 0 Å². The Hall–Kier alpha value is -1.41. The standard InChI is InChI=1S/C19H23ClO7/c1-6(2)12-9-7(5-8(21)26-12)18(3)14-13(10(9)22)27-17(25)19(14,4)16(24)11(23)15(18)20/h5-6,10-11,13-16,22-24H,1-4H3/t10-,11+,13-,14-,15+,16+,18-,19-/m1/s1. The van der Waals surface area contributed by atoms with Crippen molar-refractivity contribution in [1.82, 2.24) is 0 Å². The Labute approximate surface area is 160 Å². The number of ether oxygens (including phenoxy) is 1. The topological polar surface area (TPSA) is 117 Å². The van der Waals surface area contributed by atoms with Crippen LogP contribution in [-0.4, -0.2) is 45.0 Å². The van der Waals surface area contributed by atoms with E-state index in [2.05, 4.69) is 0 Å². The number of esters is 1. The molecule has 0 amide bonds. The van der Waals surface area contributed by atoms with Gasteiger partial charge in [-0.25, -0.2) is 4.79 Å². The van der Waals surface area contributed by atoms with Crippen LogP contribution in [0.3, 0.4) is 0 Å². The predicted molar refractivity (Wildman–Crippen MR) is 94.5 cm³/mol. The molecular weight excluding hydrogens is 376 g/mol. The van der Waals surface area contributed by atoms with E-state index in [1.54, 1.807) is 6.92 Å². The van der Waals surface area contributed by atoms with Gasteiger partial charge in [0.2, 0.25) is 0 Å². The molecule has 0 bridgehead atoms. The molecule has 1 saturated carbocycles. The monoisotopic (exact) mass is 398 g/mol. The quantitative estimate of drug-likeness (QED) is 0.476. The van der Waals surface area contributed by atoms with Crippen molar-refractivity contribution in [2.24, 2.45) is 11.3 Å². The number of hydrogen-bond acceptors (Lipinski definition) is 7. The first-order valence-corrected chi connectivity index (χ1v) is 9.48. The number of rotatable bonds is 1. The number of fused-ring (bicyclic) bond motifs is 2. The van der Waals surface area contributed by atoms with Crippen molar-refractivity contribution in [2.45, 2.75) is 68.8 Å². The Morgan fingerprint density at radius 1 is 1.15 bits per heavy atom. The van der Waals surface area contributed by atoms with Gasteiger partial charge in [0.05, 0.1) is 17.6 Å². The maximum Gasteiger partial charge on any atom is 0.336 e. The largest absolute Gasteiger partial charge is 0.458 e. The molecule has 4 rings (SSSR count). The molecular formula is C19H23ClO7. The van der Waals surface area contributed by atoms with Gasteiger partial charge in [0, 0.05) is 28.9 Å². The molecule has 0 spiro atoms. The van der Waals surface area contributed by atoms with E-state index in [0.29, 0.717) is 16.9 Å². The zero-order valence-corrected chi connectivity index (χ0v) is 16.2. The average molecular weight is 399 g/mol. The second-order valence-corrected chi connectivity index (χ2v) is 9.08. The minimum absolute atomic E-state index is 0.209. The normalized spacial score (nSPS) is 45.4. The van der Waals surface area contributed by atoms with E-state index in [0.717, 1.165) is 0 Å². The molecule has 3 N–H and O–H groups in total. The van der Waals surface area contributed by atoms with Gasteiger partial charge < -0.3 is 24.5 Å². The minimum Gasteiger partial charge on any atom is -0.458 e. The number of halogens is 1. The summed E-state index contributed by atoms with van der Waals surface area (Å²) in [6.45, 7) is 6.90. The number of aliphatic hydroxyl groups excluding tert-OH is 3. The third-order valence-electron chi connectivity index (χ3n) is 6.85. The van der Waals surface area contributed by atoms with Crippen LogP contribution in [-0.2, 0) is 14.9 Å². The highest BCUT2D eigenvalue weighted by atomic mass is 35.5. The van der Waals surface area contributed by atoms with Crippen molar-refractivity contribution >= 4 is 17.6 Å². The SMILES string of the molecule is CC(C)c1oc(=O)cc2c1[C@@H](O)[C@H]1OC(=O)[C@@]3(C)[C@@H](O)[C@@H](O)[C@H](Cl)[C@@]2(C)[C@@H]13.